The van der Waals surface area contributed by atoms with Gasteiger partial charge in [0.25, 0.3) is 11.8 Å². The zero-order valence-corrected chi connectivity index (χ0v) is 17.7. The van der Waals surface area contributed by atoms with Crippen LogP contribution in [0.3, 0.4) is 0 Å². The first-order valence-electron chi connectivity index (χ1n) is 11.1. The first kappa shape index (κ1) is 20.0. The molecule has 156 valence electrons. The van der Waals surface area contributed by atoms with Crippen LogP contribution in [0.5, 0.6) is 5.75 Å². The lowest BCUT2D eigenvalue weighted by Gasteiger charge is -2.34. The van der Waals surface area contributed by atoms with Crippen molar-refractivity contribution in [3.63, 3.8) is 0 Å². The highest BCUT2D eigenvalue weighted by Gasteiger charge is 2.45. The number of carbonyl (C=O) groups excluding carboxylic acids is 2. The molecule has 2 fully saturated rings. The third-order valence-electron chi connectivity index (χ3n) is 6.63. The van der Waals surface area contributed by atoms with Gasteiger partial charge in [0, 0.05) is 19.1 Å². The molecule has 2 amide bonds. The van der Waals surface area contributed by atoms with Crippen molar-refractivity contribution in [2.75, 3.05) is 20.2 Å². The zero-order chi connectivity index (χ0) is 20.4. The van der Waals surface area contributed by atoms with Crippen LogP contribution < -0.4 is 4.74 Å². The Kier molecular flexibility index (Phi) is 5.93. The minimum Gasteiger partial charge on any atom is -0.497 e. The Morgan fingerprint density at radius 1 is 0.897 bits per heavy atom. The fourth-order valence-electron chi connectivity index (χ4n) is 5.09. The first-order chi connectivity index (χ1) is 14.1. The second-order valence-electron chi connectivity index (χ2n) is 8.77. The van der Waals surface area contributed by atoms with Crippen LogP contribution in [0.1, 0.15) is 63.9 Å². The predicted octanol–water partition coefficient (Wildman–Crippen LogP) is 4.23. The van der Waals surface area contributed by atoms with Crippen molar-refractivity contribution in [2.45, 2.75) is 64.3 Å². The van der Waals surface area contributed by atoms with Gasteiger partial charge in [-0.15, -0.1) is 0 Å². The molecule has 0 N–H and O–H groups in total. The van der Waals surface area contributed by atoms with E-state index in [-0.39, 0.29) is 17.9 Å². The van der Waals surface area contributed by atoms with E-state index in [2.05, 4.69) is 11.8 Å². The summed E-state index contributed by atoms with van der Waals surface area (Å²) >= 11 is 0. The standard InChI is InChI=1S/C24H32N2O3/c1-17-8-7-15-25(16-17)22-21(18-11-13-20(29-2)14-12-18)23(27)26(24(22)28)19-9-5-3-4-6-10-19/h11-14,17,19H,3-10,15-16H2,1-2H3. The molecule has 1 saturated carbocycles. The Labute approximate surface area is 173 Å². The number of amides is 2. The second-order valence-corrected chi connectivity index (χ2v) is 8.77. The van der Waals surface area contributed by atoms with Crippen LogP contribution in [0.15, 0.2) is 30.0 Å². The number of nitrogens with zero attached hydrogens (tertiary/aromatic N) is 2. The van der Waals surface area contributed by atoms with E-state index in [0.29, 0.717) is 17.2 Å². The zero-order valence-electron chi connectivity index (χ0n) is 17.7. The van der Waals surface area contributed by atoms with Gasteiger partial charge in [-0.3, -0.25) is 14.5 Å². The largest absolute Gasteiger partial charge is 0.497 e. The van der Waals surface area contributed by atoms with Crippen molar-refractivity contribution < 1.29 is 14.3 Å². The number of likely N-dealkylation sites (tertiary alicyclic amines) is 1. The van der Waals surface area contributed by atoms with Gasteiger partial charge in [0.15, 0.2) is 0 Å². The van der Waals surface area contributed by atoms with Crippen LogP contribution in [-0.4, -0.2) is 47.9 Å². The number of benzene rings is 1. The van der Waals surface area contributed by atoms with E-state index in [1.54, 1.807) is 12.0 Å². The molecule has 1 aliphatic carbocycles. The summed E-state index contributed by atoms with van der Waals surface area (Å²) in [5.41, 5.74) is 2.01. The molecular formula is C24H32N2O3. The van der Waals surface area contributed by atoms with E-state index >= 15 is 0 Å². The van der Waals surface area contributed by atoms with Crippen molar-refractivity contribution in [3.05, 3.63) is 35.5 Å². The van der Waals surface area contributed by atoms with Crippen molar-refractivity contribution in [1.82, 2.24) is 9.80 Å². The Morgan fingerprint density at radius 3 is 2.21 bits per heavy atom. The molecule has 3 aliphatic rings. The average Bonchev–Trinajstić information content (AvgIpc) is 2.89. The molecule has 1 atom stereocenters. The molecule has 5 heteroatoms. The minimum absolute atomic E-state index is 0.0328. The van der Waals surface area contributed by atoms with E-state index in [9.17, 15) is 9.59 Å². The highest BCUT2D eigenvalue weighted by Crippen LogP contribution is 2.37. The SMILES string of the molecule is COc1ccc(C2=C(N3CCCC(C)C3)C(=O)N(C3CCCCCC3)C2=O)cc1. The molecule has 0 spiro atoms. The summed E-state index contributed by atoms with van der Waals surface area (Å²) in [6, 6.07) is 7.58. The monoisotopic (exact) mass is 396 g/mol. The average molecular weight is 397 g/mol. The summed E-state index contributed by atoms with van der Waals surface area (Å²) in [4.78, 5) is 31.0. The lowest BCUT2D eigenvalue weighted by Crippen LogP contribution is -2.43. The van der Waals surface area contributed by atoms with E-state index < -0.39 is 0 Å². The third-order valence-corrected chi connectivity index (χ3v) is 6.63. The van der Waals surface area contributed by atoms with Crippen LogP contribution >= 0.6 is 0 Å². The number of methoxy groups -OCH3 is 1. The molecule has 1 saturated heterocycles. The summed E-state index contributed by atoms with van der Waals surface area (Å²) in [5, 5.41) is 0. The van der Waals surface area contributed by atoms with E-state index in [4.69, 9.17) is 4.74 Å². The van der Waals surface area contributed by atoms with Gasteiger partial charge < -0.3 is 9.64 Å². The van der Waals surface area contributed by atoms with Crippen molar-refractivity contribution in [3.8, 4) is 5.75 Å². The number of hydrogen-bond donors (Lipinski definition) is 0. The summed E-state index contributed by atoms with van der Waals surface area (Å²) < 4.78 is 5.28. The number of piperidine rings is 1. The maximum absolute atomic E-state index is 13.6. The molecule has 0 radical (unpaired) electrons. The molecule has 2 aliphatic heterocycles. The Morgan fingerprint density at radius 2 is 1.59 bits per heavy atom. The van der Waals surface area contributed by atoms with Gasteiger partial charge >= 0.3 is 0 Å². The van der Waals surface area contributed by atoms with E-state index in [1.165, 1.54) is 19.3 Å². The molecule has 4 rings (SSSR count). The lowest BCUT2D eigenvalue weighted by molar-refractivity contribution is -0.140. The highest BCUT2D eigenvalue weighted by molar-refractivity contribution is 6.35. The molecule has 29 heavy (non-hydrogen) atoms. The summed E-state index contributed by atoms with van der Waals surface area (Å²) in [5.74, 6) is 1.09. The second kappa shape index (κ2) is 8.60. The number of carbonyl (C=O) groups is 2. The first-order valence-corrected chi connectivity index (χ1v) is 11.1. The number of imide groups is 1. The maximum atomic E-state index is 13.6. The minimum atomic E-state index is -0.111. The van der Waals surface area contributed by atoms with Crippen LogP contribution in [0.2, 0.25) is 0 Å². The molecule has 0 bridgehead atoms. The molecule has 2 heterocycles. The van der Waals surface area contributed by atoms with Crippen molar-refractivity contribution >= 4 is 17.4 Å². The van der Waals surface area contributed by atoms with Gasteiger partial charge in [0.05, 0.1) is 12.7 Å². The fourth-order valence-corrected chi connectivity index (χ4v) is 5.09. The Balaban J connectivity index is 1.73. The van der Waals surface area contributed by atoms with Gasteiger partial charge in [-0.05, 0) is 49.3 Å². The predicted molar refractivity (Wildman–Crippen MR) is 113 cm³/mol. The van der Waals surface area contributed by atoms with Crippen LogP contribution in [0.4, 0.5) is 0 Å². The number of rotatable bonds is 4. The molecular weight excluding hydrogens is 364 g/mol. The lowest BCUT2D eigenvalue weighted by atomic mass is 9.97. The van der Waals surface area contributed by atoms with Gasteiger partial charge in [-0.1, -0.05) is 44.7 Å². The normalized spacial score (nSPS) is 24.3. The van der Waals surface area contributed by atoms with E-state index in [1.807, 2.05) is 24.3 Å². The van der Waals surface area contributed by atoms with Gasteiger partial charge in [0.1, 0.15) is 11.4 Å². The van der Waals surface area contributed by atoms with Gasteiger partial charge in [-0.2, -0.15) is 0 Å². The molecule has 1 aromatic rings. The van der Waals surface area contributed by atoms with Crippen LogP contribution in [-0.2, 0) is 9.59 Å². The maximum Gasteiger partial charge on any atom is 0.278 e. The molecule has 5 nitrogen and oxygen atoms in total. The van der Waals surface area contributed by atoms with E-state index in [0.717, 1.165) is 56.5 Å². The highest BCUT2D eigenvalue weighted by atomic mass is 16.5. The fraction of sp³-hybridized carbons (Fsp3) is 0.583. The molecule has 0 aromatic heterocycles. The number of hydrogen-bond acceptors (Lipinski definition) is 4. The smallest absolute Gasteiger partial charge is 0.278 e. The Bertz CT molecular complexity index is 791. The number of ether oxygens (including phenoxy) is 1. The van der Waals surface area contributed by atoms with Crippen molar-refractivity contribution in [2.24, 2.45) is 5.92 Å². The molecule has 1 aromatic carbocycles. The topological polar surface area (TPSA) is 49.9 Å². The van der Waals surface area contributed by atoms with Gasteiger partial charge in [-0.25, -0.2) is 0 Å². The van der Waals surface area contributed by atoms with Crippen molar-refractivity contribution in [1.29, 1.82) is 0 Å². The third kappa shape index (κ3) is 3.92. The van der Waals surface area contributed by atoms with Crippen LogP contribution in [0, 0.1) is 5.92 Å². The summed E-state index contributed by atoms with van der Waals surface area (Å²) in [6.45, 7) is 3.91. The molecule has 1 unspecified atom stereocenters. The van der Waals surface area contributed by atoms with Gasteiger partial charge in [0.2, 0.25) is 0 Å². The quantitative estimate of drug-likeness (QED) is 0.565. The van der Waals surface area contributed by atoms with Crippen LogP contribution in [0.25, 0.3) is 5.57 Å². The summed E-state index contributed by atoms with van der Waals surface area (Å²) in [7, 11) is 1.63. The summed E-state index contributed by atoms with van der Waals surface area (Å²) in [6.07, 6.45) is 8.67. The Hall–Kier alpha value is -2.30.